The Balaban J connectivity index is 1.12. The van der Waals surface area contributed by atoms with E-state index in [-0.39, 0.29) is 13.2 Å². The van der Waals surface area contributed by atoms with Crippen molar-refractivity contribution in [2.45, 2.75) is 162 Å². The number of unbranched alkanes of at least 4 members (excludes halogenated alkanes) is 16. The van der Waals surface area contributed by atoms with Crippen molar-refractivity contribution in [3.05, 3.63) is 29.6 Å². The molecule has 1 aliphatic heterocycles. The highest BCUT2D eigenvalue weighted by Gasteiger charge is 2.27. The summed E-state index contributed by atoms with van der Waals surface area (Å²) in [5, 5.41) is 21.2. The molecule has 1 fully saturated rings. The Morgan fingerprint density at radius 1 is 0.654 bits per heavy atom. The van der Waals surface area contributed by atoms with Gasteiger partial charge in [-0.15, -0.1) is 0 Å². The van der Waals surface area contributed by atoms with Gasteiger partial charge < -0.3 is 30.3 Å². The van der Waals surface area contributed by atoms with Crippen molar-refractivity contribution < 1.29 is 10.2 Å². The van der Waals surface area contributed by atoms with Crippen molar-refractivity contribution >= 4 is 27.8 Å². The van der Waals surface area contributed by atoms with Gasteiger partial charge in [0, 0.05) is 49.9 Å². The Morgan fingerprint density at radius 3 is 1.71 bits per heavy atom. The lowest BCUT2D eigenvalue weighted by Crippen LogP contribution is -2.46. The molecule has 0 spiro atoms. The van der Waals surface area contributed by atoms with E-state index in [1.165, 1.54) is 141 Å². The second-order valence-electron chi connectivity index (χ2n) is 16.5. The molecule has 0 amide bonds. The molecule has 3 heterocycles. The van der Waals surface area contributed by atoms with E-state index in [9.17, 15) is 10.2 Å². The summed E-state index contributed by atoms with van der Waals surface area (Å²) < 4.78 is 2.18. The molecule has 1 aromatic carbocycles. The fourth-order valence-electron chi connectivity index (χ4n) is 8.01. The topological polar surface area (TPSA) is 104 Å². The number of pyridine rings is 1. The number of nitrogens with two attached hydrogens (primary N) is 1. The minimum atomic E-state index is -0.657. The Morgan fingerprint density at radius 2 is 1.17 bits per heavy atom. The highest BCUT2D eigenvalue weighted by atomic mass is 16.3. The van der Waals surface area contributed by atoms with Crippen LogP contribution in [0.15, 0.2) is 18.2 Å². The summed E-state index contributed by atoms with van der Waals surface area (Å²) in [5.74, 6) is 1.39. The number of nitrogen functional groups attached to an aromatic ring is 1. The molecule has 8 nitrogen and oxygen atoms in total. The van der Waals surface area contributed by atoms with Crippen LogP contribution in [-0.2, 0) is 19.4 Å². The SMILES string of the molecule is CCCCCCCCCCCCCCCCCCN1CCN(CCCc2ccc3c(c2)nc(N)c2nc(CCCC)n(CC(C)(CO)CO)c23)CC1. The summed E-state index contributed by atoms with van der Waals surface area (Å²) in [7, 11) is 0. The van der Waals surface area contributed by atoms with Gasteiger partial charge in [0.2, 0.25) is 0 Å². The molecule has 3 aromatic rings. The molecule has 8 heteroatoms. The van der Waals surface area contributed by atoms with Crippen LogP contribution in [0, 0.1) is 5.41 Å². The molecule has 0 aliphatic carbocycles. The van der Waals surface area contributed by atoms with E-state index in [1.54, 1.807) is 0 Å². The van der Waals surface area contributed by atoms with E-state index in [1.807, 2.05) is 6.92 Å². The van der Waals surface area contributed by atoms with Gasteiger partial charge in [0.25, 0.3) is 0 Å². The van der Waals surface area contributed by atoms with E-state index in [4.69, 9.17) is 15.7 Å². The van der Waals surface area contributed by atoms with Crippen molar-refractivity contribution in [2.24, 2.45) is 5.41 Å². The highest BCUT2D eigenvalue weighted by molar-refractivity contribution is 6.06. The molecule has 1 aliphatic rings. The third kappa shape index (κ3) is 13.5. The van der Waals surface area contributed by atoms with E-state index < -0.39 is 5.41 Å². The van der Waals surface area contributed by atoms with E-state index in [0.29, 0.717) is 12.4 Å². The lowest BCUT2D eigenvalue weighted by Gasteiger charge is -2.34. The molecule has 0 saturated carbocycles. The minimum Gasteiger partial charge on any atom is -0.396 e. The number of hydrogen-bond donors (Lipinski definition) is 3. The number of hydrogen-bond acceptors (Lipinski definition) is 7. The second kappa shape index (κ2) is 23.5. The highest BCUT2D eigenvalue weighted by Crippen LogP contribution is 2.32. The quantitative estimate of drug-likeness (QED) is 0.0643. The zero-order chi connectivity index (χ0) is 37.0. The standard InChI is InChI=1S/C44H76N6O2/c1-4-6-8-9-10-11-12-13-14-15-16-17-18-19-20-21-27-48-29-31-49(32-30-48)28-22-23-37-25-26-38-39(33-37)46-43(45)41-42(38)50(34-44(3,35-51)36-52)40(47-41)24-7-5-2/h25-26,33,51-52H,4-24,27-32,34-36H2,1-3H3,(H2,45,46). The molecule has 4 rings (SSSR count). The van der Waals surface area contributed by atoms with Crippen molar-refractivity contribution in [2.75, 3.05) is 58.2 Å². The fraction of sp³-hybridized carbons (Fsp3) is 0.773. The van der Waals surface area contributed by atoms with E-state index in [2.05, 4.69) is 46.4 Å². The predicted molar refractivity (Wildman–Crippen MR) is 221 cm³/mol. The number of aryl methyl sites for hydroxylation is 2. The number of aliphatic hydroxyl groups excluding tert-OH is 2. The number of aromatic nitrogens is 3. The van der Waals surface area contributed by atoms with Gasteiger partial charge in [-0.05, 0) is 50.4 Å². The number of anilines is 1. The Hall–Kier alpha value is -2.26. The lowest BCUT2D eigenvalue weighted by molar-refractivity contribution is 0.0557. The zero-order valence-electron chi connectivity index (χ0n) is 33.7. The van der Waals surface area contributed by atoms with E-state index in [0.717, 1.165) is 66.4 Å². The number of rotatable bonds is 28. The maximum absolute atomic E-state index is 10.1. The molecular weight excluding hydrogens is 645 g/mol. The first-order valence-electron chi connectivity index (χ1n) is 21.6. The smallest absolute Gasteiger partial charge is 0.152 e. The van der Waals surface area contributed by atoms with Gasteiger partial charge in [0.1, 0.15) is 11.3 Å². The number of fused-ring (bicyclic) bond motifs is 3. The Labute approximate surface area is 317 Å². The Bertz CT molecular complexity index is 1410. The number of piperazine rings is 1. The summed E-state index contributed by atoms with van der Waals surface area (Å²) in [4.78, 5) is 15.1. The monoisotopic (exact) mass is 721 g/mol. The second-order valence-corrected chi connectivity index (χ2v) is 16.5. The summed E-state index contributed by atoms with van der Waals surface area (Å²) >= 11 is 0. The summed E-state index contributed by atoms with van der Waals surface area (Å²) in [6.45, 7) is 13.8. The van der Waals surface area contributed by atoms with Crippen molar-refractivity contribution in [1.82, 2.24) is 24.3 Å². The number of benzene rings is 1. The molecule has 2 aromatic heterocycles. The zero-order valence-corrected chi connectivity index (χ0v) is 33.7. The van der Waals surface area contributed by atoms with Gasteiger partial charge >= 0.3 is 0 Å². The van der Waals surface area contributed by atoms with Crippen molar-refractivity contribution in [3.8, 4) is 0 Å². The molecule has 52 heavy (non-hydrogen) atoms. The average Bonchev–Trinajstić information content (AvgIpc) is 3.52. The summed E-state index contributed by atoms with van der Waals surface area (Å²) in [6.07, 6.45) is 27.9. The third-order valence-electron chi connectivity index (χ3n) is 11.6. The van der Waals surface area contributed by atoms with Gasteiger partial charge in [-0.25, -0.2) is 9.97 Å². The molecule has 0 atom stereocenters. The molecule has 0 unspecified atom stereocenters. The first-order chi connectivity index (χ1) is 25.4. The number of aliphatic hydroxyl groups is 2. The molecule has 0 bridgehead atoms. The van der Waals surface area contributed by atoms with E-state index >= 15 is 0 Å². The van der Waals surface area contributed by atoms with Crippen LogP contribution in [0.2, 0.25) is 0 Å². The van der Waals surface area contributed by atoms with Crippen LogP contribution in [0.1, 0.15) is 154 Å². The summed E-state index contributed by atoms with van der Waals surface area (Å²) in [5.41, 5.74) is 9.72. The maximum atomic E-state index is 10.1. The van der Waals surface area contributed by atoms with Gasteiger partial charge in [0.15, 0.2) is 5.82 Å². The first kappa shape index (κ1) is 42.5. The van der Waals surface area contributed by atoms with Crippen LogP contribution in [0.5, 0.6) is 0 Å². The van der Waals surface area contributed by atoms with Gasteiger partial charge in [-0.3, -0.25) is 0 Å². The van der Waals surface area contributed by atoms with Gasteiger partial charge in [-0.1, -0.05) is 136 Å². The van der Waals surface area contributed by atoms with Crippen molar-refractivity contribution in [3.63, 3.8) is 0 Å². The largest absolute Gasteiger partial charge is 0.396 e. The predicted octanol–water partition coefficient (Wildman–Crippen LogP) is 9.31. The normalized spacial score (nSPS) is 14.7. The van der Waals surface area contributed by atoms with Crippen LogP contribution in [0.3, 0.4) is 0 Å². The molecule has 4 N–H and O–H groups in total. The summed E-state index contributed by atoms with van der Waals surface area (Å²) in [6, 6.07) is 6.60. The average molecular weight is 721 g/mol. The van der Waals surface area contributed by atoms with Crippen LogP contribution < -0.4 is 5.73 Å². The Kier molecular flexibility index (Phi) is 19.2. The molecule has 1 saturated heterocycles. The maximum Gasteiger partial charge on any atom is 0.152 e. The molecule has 0 radical (unpaired) electrons. The first-order valence-corrected chi connectivity index (χ1v) is 21.6. The van der Waals surface area contributed by atoms with Crippen LogP contribution in [0.25, 0.3) is 21.9 Å². The number of nitrogens with zero attached hydrogens (tertiary/aromatic N) is 5. The molecular formula is C44H76N6O2. The van der Waals surface area contributed by atoms with Crippen LogP contribution in [-0.4, -0.2) is 87.0 Å². The minimum absolute atomic E-state index is 0.104. The van der Waals surface area contributed by atoms with Crippen LogP contribution >= 0.6 is 0 Å². The van der Waals surface area contributed by atoms with Gasteiger partial charge in [-0.2, -0.15) is 0 Å². The van der Waals surface area contributed by atoms with Crippen molar-refractivity contribution in [1.29, 1.82) is 0 Å². The molecule has 294 valence electrons. The number of imidazole rings is 1. The van der Waals surface area contributed by atoms with Gasteiger partial charge in [0.05, 0.1) is 24.2 Å². The lowest BCUT2D eigenvalue weighted by atomic mass is 9.92. The fourth-order valence-corrected chi connectivity index (χ4v) is 8.01. The third-order valence-corrected chi connectivity index (χ3v) is 11.6. The van der Waals surface area contributed by atoms with Crippen LogP contribution in [0.4, 0.5) is 5.82 Å².